The van der Waals surface area contributed by atoms with Crippen molar-refractivity contribution in [3.8, 4) is 0 Å². The van der Waals surface area contributed by atoms with Crippen LogP contribution in [-0.4, -0.2) is 13.3 Å². The van der Waals surface area contributed by atoms with E-state index >= 15 is 0 Å². The average Bonchev–Trinajstić information content (AvgIpc) is 2.00. The lowest BCUT2D eigenvalue weighted by molar-refractivity contribution is -0.385. The first kappa shape index (κ1) is 11.5. The molecular weight excluding hydrogens is 232 g/mol. The van der Waals surface area contributed by atoms with Crippen molar-refractivity contribution in [1.82, 2.24) is 0 Å². The lowest BCUT2D eigenvalue weighted by Gasteiger charge is -2.00. The van der Waals surface area contributed by atoms with Gasteiger partial charge in [0.15, 0.2) is 0 Å². The molecular formula is C7H5F2NO4S. The third kappa shape index (κ3) is 2.27. The average molecular weight is 237 g/mol. The first-order valence-electron chi connectivity index (χ1n) is 3.62. The van der Waals surface area contributed by atoms with Crippen LogP contribution in [0.4, 0.5) is 14.0 Å². The minimum atomic E-state index is -5.29. The molecule has 8 heteroatoms. The van der Waals surface area contributed by atoms with Gasteiger partial charge in [0.25, 0.3) is 5.69 Å². The monoisotopic (exact) mass is 237 g/mol. The number of aryl methyl sites for hydroxylation is 1. The summed E-state index contributed by atoms with van der Waals surface area (Å²) in [5.41, 5.74) is -0.725. The summed E-state index contributed by atoms with van der Waals surface area (Å²) in [4.78, 5) is 8.15. The highest BCUT2D eigenvalue weighted by atomic mass is 32.3. The number of benzene rings is 1. The van der Waals surface area contributed by atoms with Gasteiger partial charge in [-0.15, -0.1) is 3.89 Å². The molecule has 0 fully saturated rings. The fourth-order valence-corrected chi connectivity index (χ4v) is 1.57. The van der Waals surface area contributed by atoms with Crippen molar-refractivity contribution in [3.63, 3.8) is 0 Å². The largest absolute Gasteiger partial charge is 0.335 e. The Morgan fingerprint density at radius 2 is 1.93 bits per heavy atom. The molecule has 82 valence electrons. The van der Waals surface area contributed by atoms with Gasteiger partial charge in [-0.05, 0) is 13.0 Å². The Labute approximate surface area is 83.7 Å². The molecule has 0 N–H and O–H groups in total. The second-order valence-electron chi connectivity index (χ2n) is 2.76. The van der Waals surface area contributed by atoms with Crippen LogP contribution in [0.15, 0.2) is 17.0 Å². The Balaban J connectivity index is 3.58. The smallest absolute Gasteiger partial charge is 0.258 e. The SMILES string of the molecule is Cc1cc(F)c(S(=O)(=O)F)cc1[N+](=O)[O-]. The van der Waals surface area contributed by atoms with Crippen molar-refractivity contribution >= 4 is 15.9 Å². The second kappa shape index (κ2) is 3.54. The second-order valence-corrected chi connectivity index (χ2v) is 4.08. The fourth-order valence-electron chi connectivity index (χ4n) is 1.03. The molecule has 0 aliphatic rings. The maximum Gasteiger partial charge on any atom is 0.335 e. The normalized spacial score (nSPS) is 11.4. The van der Waals surface area contributed by atoms with Gasteiger partial charge in [-0.2, -0.15) is 8.42 Å². The molecule has 1 aromatic carbocycles. The molecule has 0 spiro atoms. The molecule has 0 bridgehead atoms. The van der Waals surface area contributed by atoms with Gasteiger partial charge in [0.2, 0.25) is 0 Å². The quantitative estimate of drug-likeness (QED) is 0.445. The third-order valence-corrected chi connectivity index (χ3v) is 2.55. The molecule has 0 radical (unpaired) electrons. The zero-order chi connectivity index (χ0) is 11.8. The van der Waals surface area contributed by atoms with Crippen LogP contribution < -0.4 is 0 Å². The predicted molar refractivity (Wildman–Crippen MR) is 46.1 cm³/mol. The van der Waals surface area contributed by atoms with Gasteiger partial charge < -0.3 is 0 Å². The Kier molecular flexibility index (Phi) is 2.71. The molecule has 1 aromatic rings. The van der Waals surface area contributed by atoms with Crippen molar-refractivity contribution in [2.75, 3.05) is 0 Å². The third-order valence-electron chi connectivity index (χ3n) is 1.71. The summed E-state index contributed by atoms with van der Waals surface area (Å²) < 4.78 is 46.2. The topological polar surface area (TPSA) is 77.3 Å². The first-order valence-corrected chi connectivity index (χ1v) is 5.01. The number of halogens is 2. The Morgan fingerprint density at radius 1 is 1.40 bits per heavy atom. The van der Waals surface area contributed by atoms with Crippen molar-refractivity contribution in [3.05, 3.63) is 33.6 Å². The maximum absolute atomic E-state index is 12.9. The highest BCUT2D eigenvalue weighted by Gasteiger charge is 2.23. The van der Waals surface area contributed by atoms with E-state index in [1.165, 1.54) is 6.92 Å². The van der Waals surface area contributed by atoms with Crippen LogP contribution in [0.2, 0.25) is 0 Å². The number of nitro benzene ring substituents is 1. The molecule has 0 aromatic heterocycles. The van der Waals surface area contributed by atoms with Crippen molar-refractivity contribution in [1.29, 1.82) is 0 Å². The molecule has 15 heavy (non-hydrogen) atoms. The molecule has 1 rings (SSSR count). The van der Waals surface area contributed by atoms with Gasteiger partial charge >= 0.3 is 10.2 Å². The van der Waals surface area contributed by atoms with Gasteiger partial charge in [-0.25, -0.2) is 4.39 Å². The van der Waals surface area contributed by atoms with Gasteiger partial charge in [0.05, 0.1) is 4.92 Å². The molecule has 0 saturated carbocycles. The molecule has 0 unspecified atom stereocenters. The van der Waals surface area contributed by atoms with Crippen LogP contribution in [0.1, 0.15) is 5.56 Å². The fraction of sp³-hybridized carbons (Fsp3) is 0.143. The van der Waals surface area contributed by atoms with E-state index in [1.54, 1.807) is 0 Å². The number of nitro groups is 1. The number of hydrogen-bond donors (Lipinski definition) is 0. The van der Waals surface area contributed by atoms with Crippen LogP contribution in [0.5, 0.6) is 0 Å². The summed E-state index contributed by atoms with van der Waals surface area (Å²) in [6, 6.07) is 0.963. The van der Waals surface area contributed by atoms with E-state index in [1.807, 2.05) is 0 Å². The van der Waals surface area contributed by atoms with Crippen LogP contribution in [-0.2, 0) is 10.2 Å². The summed E-state index contributed by atoms with van der Waals surface area (Å²) >= 11 is 0. The van der Waals surface area contributed by atoms with Gasteiger partial charge in [0.1, 0.15) is 10.7 Å². The lowest BCUT2D eigenvalue weighted by Crippen LogP contribution is -2.00. The standard InChI is InChI=1S/C7H5F2NO4S/c1-4-2-5(8)7(15(9,13)14)3-6(4)10(11)12/h2-3H,1H3. The maximum atomic E-state index is 12.9. The summed E-state index contributed by atoms with van der Waals surface area (Å²) in [6.45, 7) is 1.22. The zero-order valence-corrected chi connectivity index (χ0v) is 8.22. The molecule has 0 atom stereocenters. The highest BCUT2D eigenvalue weighted by molar-refractivity contribution is 7.86. The zero-order valence-electron chi connectivity index (χ0n) is 7.40. The lowest BCUT2D eigenvalue weighted by atomic mass is 10.2. The highest BCUT2D eigenvalue weighted by Crippen LogP contribution is 2.26. The minimum absolute atomic E-state index is 0.0788. The van der Waals surface area contributed by atoms with Gasteiger partial charge in [0, 0.05) is 11.6 Å². The molecule has 0 amide bonds. The van der Waals surface area contributed by atoms with Crippen LogP contribution in [0.3, 0.4) is 0 Å². The van der Waals surface area contributed by atoms with E-state index in [9.17, 15) is 26.8 Å². The molecule has 0 aliphatic heterocycles. The van der Waals surface area contributed by atoms with Crippen molar-refractivity contribution < 1.29 is 21.6 Å². The first-order chi connectivity index (χ1) is 6.73. The Hall–Kier alpha value is -1.57. The van der Waals surface area contributed by atoms with E-state index in [0.29, 0.717) is 12.1 Å². The van der Waals surface area contributed by atoms with Crippen LogP contribution in [0, 0.1) is 22.9 Å². The molecule has 0 heterocycles. The molecule has 0 saturated heterocycles. The number of hydrogen-bond acceptors (Lipinski definition) is 4. The number of nitrogens with zero attached hydrogens (tertiary/aromatic N) is 1. The minimum Gasteiger partial charge on any atom is -0.258 e. The number of rotatable bonds is 2. The van der Waals surface area contributed by atoms with Crippen molar-refractivity contribution in [2.45, 2.75) is 11.8 Å². The Morgan fingerprint density at radius 3 is 2.33 bits per heavy atom. The van der Waals surface area contributed by atoms with Crippen LogP contribution >= 0.6 is 0 Å². The van der Waals surface area contributed by atoms with E-state index in [2.05, 4.69) is 0 Å². The summed E-state index contributed by atoms with van der Waals surface area (Å²) in [7, 11) is -5.29. The molecule has 5 nitrogen and oxygen atoms in total. The van der Waals surface area contributed by atoms with Gasteiger partial charge in [-0.1, -0.05) is 0 Å². The van der Waals surface area contributed by atoms with E-state index in [-0.39, 0.29) is 5.56 Å². The summed E-state index contributed by atoms with van der Waals surface area (Å²) in [5, 5.41) is 10.4. The summed E-state index contributed by atoms with van der Waals surface area (Å²) in [5.74, 6) is -1.35. The van der Waals surface area contributed by atoms with E-state index in [0.717, 1.165) is 0 Å². The van der Waals surface area contributed by atoms with Gasteiger partial charge in [-0.3, -0.25) is 10.1 Å². The molecule has 0 aliphatic carbocycles. The van der Waals surface area contributed by atoms with Crippen molar-refractivity contribution in [2.24, 2.45) is 0 Å². The Bertz CT molecular complexity index is 526. The van der Waals surface area contributed by atoms with E-state index < -0.39 is 31.5 Å². The summed E-state index contributed by atoms with van der Waals surface area (Å²) in [6.07, 6.45) is 0. The van der Waals surface area contributed by atoms with Crippen LogP contribution in [0.25, 0.3) is 0 Å². The van der Waals surface area contributed by atoms with E-state index in [4.69, 9.17) is 0 Å². The predicted octanol–water partition coefficient (Wildman–Crippen LogP) is 1.70.